The van der Waals surface area contributed by atoms with E-state index in [1.165, 1.54) is 7.11 Å². The number of carbonyl (C=O) groups excluding carboxylic acids is 1. The molecule has 25 heavy (non-hydrogen) atoms. The molecule has 0 radical (unpaired) electrons. The minimum absolute atomic E-state index is 0.402. The number of hydrogen-bond donors (Lipinski definition) is 0. The Morgan fingerprint density at radius 3 is 2.60 bits per heavy atom. The van der Waals surface area contributed by atoms with Gasteiger partial charge in [-0.15, -0.1) is 0 Å². The molecule has 0 amide bonds. The van der Waals surface area contributed by atoms with Gasteiger partial charge in [-0.2, -0.15) is 5.26 Å². The molecule has 0 saturated heterocycles. The molecule has 5 heteroatoms. The first-order valence-electron chi connectivity index (χ1n) is 7.65. The molecule has 0 bridgehead atoms. The first-order valence-corrected chi connectivity index (χ1v) is 7.65. The highest BCUT2D eigenvalue weighted by Crippen LogP contribution is 2.35. The Morgan fingerprint density at radius 2 is 1.92 bits per heavy atom. The lowest BCUT2D eigenvalue weighted by atomic mass is 9.98. The van der Waals surface area contributed by atoms with E-state index in [2.05, 4.69) is 11.1 Å². The first-order chi connectivity index (χ1) is 12.1. The third-order valence-corrected chi connectivity index (χ3v) is 4.09. The standard InChI is InChI=1S/C20H16N2O3/c1-12-11-22-19(16-6-4-13(10-21)8-18(16)24-2)17-9-14(20(23)25-3)5-7-15(12)17/h4-9,11H,1-3H3. The average Bonchev–Trinajstić information content (AvgIpc) is 2.67. The number of pyridine rings is 1. The lowest BCUT2D eigenvalue weighted by Gasteiger charge is -2.13. The van der Waals surface area contributed by atoms with Gasteiger partial charge < -0.3 is 9.47 Å². The number of fused-ring (bicyclic) bond motifs is 1. The van der Waals surface area contributed by atoms with E-state index in [1.807, 2.05) is 13.0 Å². The number of ether oxygens (including phenoxy) is 2. The fourth-order valence-electron chi connectivity index (χ4n) is 2.80. The zero-order chi connectivity index (χ0) is 18.0. The Bertz CT molecular complexity index is 1020. The molecule has 0 spiro atoms. The van der Waals surface area contributed by atoms with Crippen molar-refractivity contribution in [1.29, 1.82) is 5.26 Å². The second kappa shape index (κ2) is 6.62. The summed E-state index contributed by atoms with van der Waals surface area (Å²) in [5, 5.41) is 10.9. The summed E-state index contributed by atoms with van der Waals surface area (Å²) in [7, 11) is 2.90. The third kappa shape index (κ3) is 2.90. The van der Waals surface area contributed by atoms with Crippen LogP contribution >= 0.6 is 0 Å². The van der Waals surface area contributed by atoms with Crippen molar-refractivity contribution < 1.29 is 14.3 Å². The maximum absolute atomic E-state index is 11.9. The van der Waals surface area contributed by atoms with Crippen LogP contribution in [0, 0.1) is 18.3 Å². The van der Waals surface area contributed by atoms with Crippen molar-refractivity contribution >= 4 is 16.7 Å². The van der Waals surface area contributed by atoms with Crippen molar-refractivity contribution in [1.82, 2.24) is 4.98 Å². The molecule has 2 aromatic carbocycles. The van der Waals surface area contributed by atoms with Gasteiger partial charge in [0.05, 0.1) is 37.1 Å². The topological polar surface area (TPSA) is 72.2 Å². The monoisotopic (exact) mass is 332 g/mol. The third-order valence-electron chi connectivity index (χ3n) is 4.09. The van der Waals surface area contributed by atoms with Crippen LogP contribution in [-0.2, 0) is 4.74 Å². The molecule has 0 unspecified atom stereocenters. The molecule has 0 aliphatic heterocycles. The number of aromatic nitrogens is 1. The predicted molar refractivity (Wildman–Crippen MR) is 94.5 cm³/mol. The predicted octanol–water partition coefficient (Wildman–Crippen LogP) is 3.88. The summed E-state index contributed by atoms with van der Waals surface area (Å²) < 4.78 is 10.3. The van der Waals surface area contributed by atoms with Crippen LogP contribution < -0.4 is 4.74 Å². The molecule has 0 fully saturated rings. The Morgan fingerprint density at radius 1 is 1.12 bits per heavy atom. The molecule has 1 aromatic heterocycles. The zero-order valence-electron chi connectivity index (χ0n) is 14.2. The molecule has 3 rings (SSSR count). The Hall–Kier alpha value is -3.39. The fourth-order valence-corrected chi connectivity index (χ4v) is 2.80. The number of nitriles is 1. The molecule has 3 aromatic rings. The van der Waals surface area contributed by atoms with Crippen LogP contribution in [0.3, 0.4) is 0 Å². The lowest BCUT2D eigenvalue weighted by molar-refractivity contribution is 0.0601. The number of carbonyl (C=O) groups is 1. The van der Waals surface area contributed by atoms with Crippen LogP contribution in [0.2, 0.25) is 0 Å². The van der Waals surface area contributed by atoms with Crippen molar-refractivity contribution in [3.63, 3.8) is 0 Å². The second-order valence-electron chi connectivity index (χ2n) is 5.57. The Kier molecular flexibility index (Phi) is 4.36. The van der Waals surface area contributed by atoms with E-state index in [4.69, 9.17) is 14.7 Å². The van der Waals surface area contributed by atoms with E-state index in [9.17, 15) is 4.79 Å². The van der Waals surface area contributed by atoms with Crippen LogP contribution in [0.25, 0.3) is 22.0 Å². The van der Waals surface area contributed by atoms with E-state index >= 15 is 0 Å². The van der Waals surface area contributed by atoms with Gasteiger partial charge in [0.25, 0.3) is 0 Å². The SMILES string of the molecule is COC(=O)c1ccc2c(C)cnc(-c3ccc(C#N)cc3OC)c2c1. The van der Waals surface area contributed by atoms with Crippen LogP contribution in [0.1, 0.15) is 21.5 Å². The highest BCUT2D eigenvalue weighted by molar-refractivity contribution is 6.02. The normalized spacial score (nSPS) is 10.3. The van der Waals surface area contributed by atoms with Crippen molar-refractivity contribution in [2.75, 3.05) is 14.2 Å². The maximum Gasteiger partial charge on any atom is 0.337 e. The highest BCUT2D eigenvalue weighted by Gasteiger charge is 2.15. The molecular formula is C20H16N2O3. The molecular weight excluding hydrogens is 316 g/mol. The van der Waals surface area contributed by atoms with Gasteiger partial charge in [-0.3, -0.25) is 4.98 Å². The van der Waals surface area contributed by atoms with Crippen LogP contribution in [0.4, 0.5) is 0 Å². The summed E-state index contributed by atoms with van der Waals surface area (Å²) >= 11 is 0. The number of nitrogens with zero attached hydrogens (tertiary/aromatic N) is 2. The number of rotatable bonds is 3. The number of methoxy groups -OCH3 is 2. The number of esters is 1. The molecule has 0 atom stereocenters. The Labute approximate surface area is 145 Å². The van der Waals surface area contributed by atoms with Crippen molar-refractivity contribution in [3.05, 3.63) is 59.3 Å². The molecule has 5 nitrogen and oxygen atoms in total. The van der Waals surface area contributed by atoms with Crippen molar-refractivity contribution in [2.24, 2.45) is 0 Å². The highest BCUT2D eigenvalue weighted by atomic mass is 16.5. The van der Waals surface area contributed by atoms with E-state index in [0.29, 0.717) is 22.6 Å². The fraction of sp³-hybridized carbons (Fsp3) is 0.150. The second-order valence-corrected chi connectivity index (χ2v) is 5.57. The number of hydrogen-bond acceptors (Lipinski definition) is 5. The summed E-state index contributed by atoms with van der Waals surface area (Å²) in [4.78, 5) is 16.4. The quantitative estimate of drug-likeness (QED) is 0.681. The van der Waals surface area contributed by atoms with Crippen molar-refractivity contribution in [2.45, 2.75) is 6.92 Å². The lowest BCUT2D eigenvalue weighted by Crippen LogP contribution is -2.01. The summed E-state index contributed by atoms with van der Waals surface area (Å²) in [5.41, 5.74) is 3.41. The summed E-state index contributed by atoms with van der Waals surface area (Å²) in [6, 6.07) is 12.7. The van der Waals surface area contributed by atoms with Crippen LogP contribution in [-0.4, -0.2) is 25.2 Å². The van der Waals surface area contributed by atoms with E-state index in [1.54, 1.807) is 43.6 Å². The van der Waals surface area contributed by atoms with Gasteiger partial charge in [0.1, 0.15) is 5.75 Å². The van der Waals surface area contributed by atoms with Gasteiger partial charge in [-0.1, -0.05) is 6.07 Å². The van der Waals surface area contributed by atoms with Gasteiger partial charge in [0.15, 0.2) is 0 Å². The molecule has 0 saturated carbocycles. The van der Waals surface area contributed by atoms with Gasteiger partial charge in [-0.25, -0.2) is 4.79 Å². The number of benzene rings is 2. The average molecular weight is 332 g/mol. The zero-order valence-corrected chi connectivity index (χ0v) is 14.2. The molecule has 0 aliphatic carbocycles. The van der Waals surface area contributed by atoms with Gasteiger partial charge in [0.2, 0.25) is 0 Å². The van der Waals surface area contributed by atoms with E-state index in [-0.39, 0.29) is 0 Å². The minimum atomic E-state index is -0.402. The number of aryl methyl sites for hydroxylation is 1. The van der Waals surface area contributed by atoms with E-state index < -0.39 is 5.97 Å². The summed E-state index contributed by atoms with van der Waals surface area (Å²) in [6.07, 6.45) is 1.78. The Balaban J connectivity index is 2.31. The molecule has 1 heterocycles. The molecule has 124 valence electrons. The van der Waals surface area contributed by atoms with Gasteiger partial charge in [0, 0.05) is 17.1 Å². The van der Waals surface area contributed by atoms with Gasteiger partial charge >= 0.3 is 5.97 Å². The van der Waals surface area contributed by atoms with Crippen LogP contribution in [0.15, 0.2) is 42.6 Å². The largest absolute Gasteiger partial charge is 0.496 e. The van der Waals surface area contributed by atoms with E-state index in [0.717, 1.165) is 21.9 Å². The summed E-state index contributed by atoms with van der Waals surface area (Å²) in [6.45, 7) is 1.97. The maximum atomic E-state index is 11.9. The van der Waals surface area contributed by atoms with Gasteiger partial charge in [-0.05, 0) is 48.2 Å². The van der Waals surface area contributed by atoms with Crippen molar-refractivity contribution in [3.8, 4) is 23.1 Å². The van der Waals surface area contributed by atoms with Crippen LogP contribution in [0.5, 0.6) is 5.75 Å². The summed E-state index contributed by atoms with van der Waals surface area (Å²) in [5.74, 6) is 0.154. The smallest absolute Gasteiger partial charge is 0.337 e. The molecule has 0 aliphatic rings. The minimum Gasteiger partial charge on any atom is -0.496 e. The molecule has 0 N–H and O–H groups in total. The first kappa shape index (κ1) is 16.5.